The number of amides is 1. The van der Waals surface area contributed by atoms with E-state index < -0.39 is 0 Å². The van der Waals surface area contributed by atoms with E-state index in [1.807, 2.05) is 19.2 Å². The van der Waals surface area contributed by atoms with Crippen LogP contribution in [0.5, 0.6) is 0 Å². The molecule has 1 heterocycles. The first kappa shape index (κ1) is 15.1. The minimum Gasteiger partial charge on any atom is -0.340 e. The molecule has 1 fully saturated rings. The fraction of sp³-hybridized carbons (Fsp3) is 0.500. The summed E-state index contributed by atoms with van der Waals surface area (Å²) in [6.07, 6.45) is 2.56. The van der Waals surface area contributed by atoms with Gasteiger partial charge in [0.05, 0.1) is 5.02 Å². The van der Waals surface area contributed by atoms with Crippen molar-refractivity contribution in [3.8, 4) is 0 Å². The molecule has 0 spiro atoms. The lowest BCUT2D eigenvalue weighted by molar-refractivity contribution is 0.0782. The number of hydrogen-bond donors (Lipinski definition) is 0. The summed E-state index contributed by atoms with van der Waals surface area (Å²) in [6.45, 7) is 4.05. The highest BCUT2D eigenvalue weighted by molar-refractivity contribution is 14.1. The molecule has 1 aliphatic heterocycles. The van der Waals surface area contributed by atoms with Crippen molar-refractivity contribution in [2.45, 2.75) is 12.8 Å². The molecule has 1 aliphatic rings. The molecule has 0 aliphatic carbocycles. The summed E-state index contributed by atoms with van der Waals surface area (Å²) in [4.78, 5) is 16.4. The minimum atomic E-state index is 0.0393. The van der Waals surface area contributed by atoms with Gasteiger partial charge in [0.15, 0.2) is 0 Å². The van der Waals surface area contributed by atoms with Crippen LogP contribution in [0.4, 0.5) is 0 Å². The lowest BCUT2D eigenvalue weighted by Crippen LogP contribution is -2.35. The van der Waals surface area contributed by atoms with Crippen molar-refractivity contribution < 1.29 is 4.79 Å². The predicted octanol–water partition coefficient (Wildman–Crippen LogP) is 3.11. The van der Waals surface area contributed by atoms with Crippen molar-refractivity contribution in [3.05, 3.63) is 32.4 Å². The zero-order chi connectivity index (χ0) is 13.8. The van der Waals surface area contributed by atoms with Crippen molar-refractivity contribution in [2.75, 3.05) is 33.2 Å². The van der Waals surface area contributed by atoms with Crippen molar-refractivity contribution in [1.82, 2.24) is 9.80 Å². The molecule has 0 N–H and O–H groups in total. The van der Waals surface area contributed by atoms with Crippen molar-refractivity contribution in [3.63, 3.8) is 0 Å². The Balaban J connectivity index is 1.92. The highest BCUT2D eigenvalue weighted by Gasteiger charge is 2.16. The molecule has 0 saturated carbocycles. The predicted molar refractivity (Wildman–Crippen MR) is 86.8 cm³/mol. The summed E-state index contributed by atoms with van der Waals surface area (Å²) in [6, 6.07) is 5.46. The van der Waals surface area contributed by atoms with Gasteiger partial charge in [-0.1, -0.05) is 11.6 Å². The first-order valence-electron chi connectivity index (χ1n) is 6.51. The molecule has 2 rings (SSSR count). The third-order valence-electron chi connectivity index (χ3n) is 3.46. The van der Waals surface area contributed by atoms with E-state index in [1.165, 1.54) is 12.8 Å². The fourth-order valence-electron chi connectivity index (χ4n) is 2.25. The van der Waals surface area contributed by atoms with Gasteiger partial charge < -0.3 is 9.80 Å². The maximum atomic E-state index is 12.3. The lowest BCUT2D eigenvalue weighted by atomic mass is 10.2. The smallest absolute Gasteiger partial charge is 0.253 e. The van der Waals surface area contributed by atoms with Crippen LogP contribution in [0, 0.1) is 3.57 Å². The van der Waals surface area contributed by atoms with Gasteiger partial charge >= 0.3 is 0 Å². The topological polar surface area (TPSA) is 23.6 Å². The van der Waals surface area contributed by atoms with Crippen LogP contribution in [0.2, 0.25) is 5.02 Å². The van der Waals surface area contributed by atoms with Gasteiger partial charge in [-0.25, -0.2) is 0 Å². The Labute approximate surface area is 133 Å². The van der Waals surface area contributed by atoms with Gasteiger partial charge in [0, 0.05) is 29.3 Å². The minimum absolute atomic E-state index is 0.0393. The maximum absolute atomic E-state index is 12.3. The summed E-state index contributed by atoms with van der Waals surface area (Å²) in [5.74, 6) is 0.0393. The molecule has 0 radical (unpaired) electrons. The fourth-order valence-corrected chi connectivity index (χ4v) is 2.76. The summed E-state index contributed by atoms with van der Waals surface area (Å²) in [5.41, 5.74) is 0.661. The highest BCUT2D eigenvalue weighted by atomic mass is 127. The average molecular weight is 393 g/mol. The van der Waals surface area contributed by atoms with Gasteiger partial charge in [0.1, 0.15) is 0 Å². The number of rotatable bonds is 4. The molecule has 0 aromatic heterocycles. The van der Waals surface area contributed by atoms with Gasteiger partial charge in [-0.05, 0) is 66.7 Å². The van der Waals surface area contributed by atoms with Crippen molar-refractivity contribution >= 4 is 40.1 Å². The number of halogens is 2. The van der Waals surface area contributed by atoms with E-state index >= 15 is 0 Å². The highest BCUT2D eigenvalue weighted by Crippen LogP contribution is 2.20. The Morgan fingerprint density at radius 3 is 2.74 bits per heavy atom. The number of hydrogen-bond acceptors (Lipinski definition) is 2. The first-order chi connectivity index (χ1) is 9.08. The third-order valence-corrected chi connectivity index (χ3v) is 5.04. The summed E-state index contributed by atoms with van der Waals surface area (Å²) < 4.78 is 0.968. The number of carbonyl (C=O) groups excluding carboxylic acids is 1. The molecule has 5 heteroatoms. The van der Waals surface area contributed by atoms with Gasteiger partial charge in [-0.3, -0.25) is 4.79 Å². The van der Waals surface area contributed by atoms with Crippen LogP contribution in [-0.2, 0) is 0 Å². The van der Waals surface area contributed by atoms with E-state index in [-0.39, 0.29) is 5.91 Å². The number of benzene rings is 1. The third kappa shape index (κ3) is 4.07. The van der Waals surface area contributed by atoms with E-state index in [0.29, 0.717) is 10.6 Å². The Morgan fingerprint density at radius 1 is 1.42 bits per heavy atom. The second-order valence-corrected chi connectivity index (χ2v) is 6.47. The SMILES string of the molecule is CN(CCN1CCCC1)C(=O)c1ccc(I)c(Cl)c1. The van der Waals surface area contributed by atoms with Gasteiger partial charge in [0.25, 0.3) is 5.91 Å². The average Bonchev–Trinajstić information content (AvgIpc) is 2.91. The molecule has 104 valence electrons. The Kier molecular flexibility index (Phi) is 5.47. The van der Waals surface area contributed by atoms with Crippen LogP contribution in [0.15, 0.2) is 18.2 Å². The van der Waals surface area contributed by atoms with Gasteiger partial charge in [-0.15, -0.1) is 0 Å². The number of likely N-dealkylation sites (N-methyl/N-ethyl adjacent to an activating group) is 1. The largest absolute Gasteiger partial charge is 0.340 e. The Morgan fingerprint density at radius 2 is 2.11 bits per heavy atom. The van der Waals surface area contributed by atoms with E-state index in [9.17, 15) is 4.79 Å². The molecule has 0 unspecified atom stereocenters. The lowest BCUT2D eigenvalue weighted by Gasteiger charge is -2.21. The number of likely N-dealkylation sites (tertiary alicyclic amines) is 1. The maximum Gasteiger partial charge on any atom is 0.253 e. The molecule has 1 amide bonds. The van der Waals surface area contributed by atoms with E-state index in [0.717, 1.165) is 29.7 Å². The van der Waals surface area contributed by atoms with Crippen molar-refractivity contribution in [2.24, 2.45) is 0 Å². The quantitative estimate of drug-likeness (QED) is 0.735. The second-order valence-electron chi connectivity index (χ2n) is 4.90. The molecule has 3 nitrogen and oxygen atoms in total. The summed E-state index contributed by atoms with van der Waals surface area (Å²) in [5, 5.41) is 0.638. The normalized spacial score (nSPS) is 15.7. The Bertz CT molecular complexity index is 461. The van der Waals surface area contributed by atoms with Crippen LogP contribution >= 0.6 is 34.2 Å². The zero-order valence-electron chi connectivity index (χ0n) is 11.0. The molecular formula is C14H18ClIN2O. The monoisotopic (exact) mass is 392 g/mol. The number of carbonyl (C=O) groups is 1. The van der Waals surface area contributed by atoms with Crippen LogP contribution < -0.4 is 0 Å². The van der Waals surface area contributed by atoms with E-state index in [1.54, 1.807) is 11.0 Å². The molecule has 1 aromatic carbocycles. The van der Waals surface area contributed by atoms with Crippen LogP contribution in [-0.4, -0.2) is 48.9 Å². The molecular weight excluding hydrogens is 375 g/mol. The van der Waals surface area contributed by atoms with Crippen LogP contribution in [0.25, 0.3) is 0 Å². The molecule has 19 heavy (non-hydrogen) atoms. The van der Waals surface area contributed by atoms with E-state index in [2.05, 4.69) is 27.5 Å². The molecule has 1 saturated heterocycles. The standard InChI is InChI=1S/C14H18ClIN2O/c1-17(8-9-18-6-2-3-7-18)14(19)11-4-5-13(16)12(15)10-11/h4-5,10H,2-3,6-9H2,1H3. The van der Waals surface area contributed by atoms with Crippen molar-refractivity contribution in [1.29, 1.82) is 0 Å². The number of nitrogens with zero attached hydrogens (tertiary/aromatic N) is 2. The summed E-state index contributed by atoms with van der Waals surface area (Å²) in [7, 11) is 1.85. The van der Waals surface area contributed by atoms with Gasteiger partial charge in [-0.2, -0.15) is 0 Å². The summed E-state index contributed by atoms with van der Waals surface area (Å²) >= 11 is 8.22. The molecule has 1 aromatic rings. The first-order valence-corrected chi connectivity index (χ1v) is 7.96. The molecule has 0 atom stereocenters. The van der Waals surface area contributed by atoms with Crippen LogP contribution in [0.3, 0.4) is 0 Å². The van der Waals surface area contributed by atoms with E-state index in [4.69, 9.17) is 11.6 Å². The zero-order valence-corrected chi connectivity index (χ0v) is 13.9. The second kappa shape index (κ2) is 6.90. The molecule has 0 bridgehead atoms. The Hall–Kier alpha value is -0.330. The van der Waals surface area contributed by atoms with Gasteiger partial charge in [0.2, 0.25) is 0 Å². The van der Waals surface area contributed by atoms with Crippen LogP contribution in [0.1, 0.15) is 23.2 Å².